The lowest BCUT2D eigenvalue weighted by Gasteiger charge is -2.27. The molecule has 0 aliphatic heterocycles. The highest BCUT2D eigenvalue weighted by Crippen LogP contribution is 2.19. The molecule has 0 saturated heterocycles. The maximum absolute atomic E-state index is 13.1. The molecule has 5 unspecified atom stereocenters. The van der Waals surface area contributed by atoms with E-state index in [-0.39, 0.29) is 18.8 Å². The van der Waals surface area contributed by atoms with Gasteiger partial charge in [0.2, 0.25) is 17.7 Å². The molecule has 3 rings (SSSR count). The number of amides is 3. The molecule has 0 aliphatic rings. The topological polar surface area (TPSA) is 215 Å². The number of aliphatic hydroxyl groups excluding tert-OH is 1. The minimum Gasteiger partial charge on any atom is -0.480 e. The van der Waals surface area contributed by atoms with E-state index >= 15 is 0 Å². The minimum absolute atomic E-state index is 0.0169. The van der Waals surface area contributed by atoms with Crippen LogP contribution in [0.3, 0.4) is 0 Å². The standard InChI is InChI=1S/C26H35N7O6/c1-3-14(2)22(33-23(35)18(27)9-16-11-28-13-30-16)25(37)32-21(12-34)24(36)31-20(26(38)39)8-15-10-29-19-7-5-4-6-17(15)19/h4-7,10-11,13-14,18,20-22,29,34H,3,8-9,12,27H2,1-2H3,(H,28,30)(H,31,36)(H,32,37)(H,33,35)(H,38,39). The van der Waals surface area contributed by atoms with E-state index in [4.69, 9.17) is 5.73 Å². The van der Waals surface area contributed by atoms with E-state index < -0.39 is 54.5 Å². The molecule has 210 valence electrons. The molecule has 0 fully saturated rings. The number of carboxylic acid groups (broad SMARTS) is 1. The van der Waals surface area contributed by atoms with Gasteiger partial charge in [-0.3, -0.25) is 14.4 Å². The van der Waals surface area contributed by atoms with Crippen LogP contribution < -0.4 is 21.7 Å². The largest absolute Gasteiger partial charge is 0.480 e. The number of carbonyl (C=O) groups is 4. The lowest BCUT2D eigenvalue weighted by atomic mass is 9.97. The van der Waals surface area contributed by atoms with Crippen LogP contribution in [0.4, 0.5) is 0 Å². The van der Waals surface area contributed by atoms with Crippen LogP contribution in [0.5, 0.6) is 0 Å². The van der Waals surface area contributed by atoms with Crippen LogP contribution in [-0.4, -0.2) is 79.6 Å². The Bertz CT molecular complexity index is 1270. The highest BCUT2D eigenvalue weighted by molar-refractivity contribution is 5.94. The van der Waals surface area contributed by atoms with Gasteiger partial charge in [-0.05, 0) is 17.5 Å². The highest BCUT2D eigenvalue weighted by atomic mass is 16.4. The van der Waals surface area contributed by atoms with E-state index in [2.05, 4.69) is 30.9 Å². The summed E-state index contributed by atoms with van der Waals surface area (Å²) in [6.45, 7) is 2.80. The van der Waals surface area contributed by atoms with Gasteiger partial charge in [-0.15, -0.1) is 0 Å². The number of imidazole rings is 1. The number of nitrogens with two attached hydrogens (primary N) is 1. The normalized spacial score (nSPS) is 15.1. The first-order valence-electron chi connectivity index (χ1n) is 12.7. The number of rotatable bonds is 14. The number of aromatic nitrogens is 3. The zero-order valence-corrected chi connectivity index (χ0v) is 21.8. The molecule has 0 spiro atoms. The van der Waals surface area contributed by atoms with Gasteiger partial charge in [-0.25, -0.2) is 9.78 Å². The Kier molecular flexibility index (Phi) is 10.2. The van der Waals surface area contributed by atoms with Gasteiger partial charge in [-0.1, -0.05) is 38.5 Å². The molecule has 5 atom stereocenters. The van der Waals surface area contributed by atoms with E-state index in [1.54, 1.807) is 19.3 Å². The molecule has 39 heavy (non-hydrogen) atoms. The summed E-state index contributed by atoms with van der Waals surface area (Å²) >= 11 is 0. The minimum atomic E-state index is -1.44. The monoisotopic (exact) mass is 541 g/mol. The molecule has 13 heteroatoms. The van der Waals surface area contributed by atoms with Crippen molar-refractivity contribution in [2.45, 2.75) is 57.3 Å². The molecule has 0 aliphatic carbocycles. The number of para-hydroxylation sites is 1. The highest BCUT2D eigenvalue weighted by Gasteiger charge is 2.32. The number of aliphatic hydroxyl groups is 1. The Morgan fingerprint density at radius 1 is 1.00 bits per heavy atom. The molecule has 3 amide bonds. The average Bonchev–Trinajstić information content (AvgIpc) is 3.59. The van der Waals surface area contributed by atoms with Gasteiger partial charge in [0.15, 0.2) is 0 Å². The van der Waals surface area contributed by atoms with Gasteiger partial charge in [0.1, 0.15) is 18.1 Å². The number of fused-ring (bicyclic) bond motifs is 1. The molecule has 3 aromatic rings. The summed E-state index contributed by atoms with van der Waals surface area (Å²) in [5.74, 6) is -3.75. The SMILES string of the molecule is CCC(C)C(NC(=O)C(N)Cc1cnc[nH]1)C(=O)NC(CO)C(=O)NC(Cc1c[nH]c2ccccc12)C(=O)O. The number of nitrogens with one attached hydrogen (secondary N) is 5. The number of aromatic amines is 2. The predicted molar refractivity (Wildman–Crippen MR) is 142 cm³/mol. The fraction of sp³-hybridized carbons (Fsp3) is 0.423. The molecule has 0 saturated carbocycles. The molecule has 9 N–H and O–H groups in total. The zero-order chi connectivity index (χ0) is 28.5. The van der Waals surface area contributed by atoms with Crippen molar-refractivity contribution in [2.75, 3.05) is 6.61 Å². The number of carbonyl (C=O) groups excluding carboxylic acids is 3. The van der Waals surface area contributed by atoms with E-state index in [1.165, 1.54) is 6.33 Å². The lowest BCUT2D eigenvalue weighted by Crippen LogP contribution is -2.59. The summed E-state index contributed by atoms with van der Waals surface area (Å²) in [4.78, 5) is 60.5. The first-order chi connectivity index (χ1) is 18.6. The van der Waals surface area contributed by atoms with Gasteiger partial charge in [0.25, 0.3) is 0 Å². The van der Waals surface area contributed by atoms with E-state index in [1.807, 2.05) is 31.2 Å². The number of hydrogen-bond acceptors (Lipinski definition) is 7. The summed E-state index contributed by atoms with van der Waals surface area (Å²) in [6.07, 6.45) is 5.36. The van der Waals surface area contributed by atoms with E-state index in [0.29, 0.717) is 17.7 Å². The second kappa shape index (κ2) is 13.5. The molecule has 0 radical (unpaired) electrons. The van der Waals surface area contributed by atoms with Crippen molar-refractivity contribution in [1.82, 2.24) is 30.9 Å². The second-order valence-corrected chi connectivity index (χ2v) is 9.47. The van der Waals surface area contributed by atoms with Crippen LogP contribution in [0.2, 0.25) is 0 Å². The van der Waals surface area contributed by atoms with Crippen LogP contribution in [0, 0.1) is 5.92 Å². The van der Waals surface area contributed by atoms with Gasteiger partial charge < -0.3 is 41.9 Å². The third-order valence-electron chi connectivity index (χ3n) is 6.65. The van der Waals surface area contributed by atoms with Crippen LogP contribution >= 0.6 is 0 Å². The maximum atomic E-state index is 13.1. The Balaban J connectivity index is 1.65. The molecule has 0 bridgehead atoms. The van der Waals surface area contributed by atoms with Crippen LogP contribution in [-0.2, 0) is 32.0 Å². The van der Waals surface area contributed by atoms with Crippen molar-refractivity contribution < 1.29 is 29.4 Å². The Morgan fingerprint density at radius 3 is 2.36 bits per heavy atom. The lowest BCUT2D eigenvalue weighted by molar-refractivity contribution is -0.142. The first-order valence-corrected chi connectivity index (χ1v) is 12.7. The van der Waals surface area contributed by atoms with Crippen LogP contribution in [0.25, 0.3) is 10.9 Å². The van der Waals surface area contributed by atoms with Gasteiger partial charge in [0, 0.05) is 41.8 Å². The molecule has 1 aromatic carbocycles. The summed E-state index contributed by atoms with van der Waals surface area (Å²) in [5, 5.41) is 27.9. The molecule has 2 heterocycles. The number of nitrogens with zero attached hydrogens (tertiary/aromatic N) is 1. The van der Waals surface area contributed by atoms with Gasteiger partial charge in [0.05, 0.1) is 19.0 Å². The molecule has 2 aromatic heterocycles. The predicted octanol–water partition coefficient (Wildman–Crippen LogP) is -0.419. The fourth-order valence-electron chi connectivity index (χ4n) is 4.14. The molecule has 13 nitrogen and oxygen atoms in total. The number of hydrogen-bond donors (Lipinski definition) is 8. The van der Waals surface area contributed by atoms with Crippen LogP contribution in [0.15, 0.2) is 43.0 Å². The van der Waals surface area contributed by atoms with Crippen molar-refractivity contribution >= 4 is 34.6 Å². The second-order valence-electron chi connectivity index (χ2n) is 9.47. The summed E-state index contributed by atoms with van der Waals surface area (Å²) < 4.78 is 0. The van der Waals surface area contributed by atoms with Crippen molar-refractivity contribution in [2.24, 2.45) is 11.7 Å². The van der Waals surface area contributed by atoms with Crippen molar-refractivity contribution in [3.8, 4) is 0 Å². The number of aliphatic carboxylic acids is 1. The van der Waals surface area contributed by atoms with E-state index in [0.717, 1.165) is 10.9 Å². The first kappa shape index (κ1) is 29.3. The number of benzene rings is 1. The smallest absolute Gasteiger partial charge is 0.326 e. The van der Waals surface area contributed by atoms with E-state index in [9.17, 15) is 29.4 Å². The fourth-order valence-corrected chi connectivity index (χ4v) is 4.14. The van der Waals surface area contributed by atoms with Crippen molar-refractivity contribution in [1.29, 1.82) is 0 Å². The third kappa shape index (κ3) is 7.65. The zero-order valence-electron chi connectivity index (χ0n) is 21.8. The van der Waals surface area contributed by atoms with Crippen molar-refractivity contribution in [3.63, 3.8) is 0 Å². The van der Waals surface area contributed by atoms with Crippen molar-refractivity contribution in [3.05, 3.63) is 54.2 Å². The third-order valence-corrected chi connectivity index (χ3v) is 6.65. The quantitative estimate of drug-likeness (QED) is 0.134. The summed E-state index contributed by atoms with van der Waals surface area (Å²) in [7, 11) is 0. The average molecular weight is 542 g/mol. The Labute approximate surface area is 225 Å². The van der Waals surface area contributed by atoms with Crippen LogP contribution in [0.1, 0.15) is 31.5 Å². The molecular weight excluding hydrogens is 506 g/mol. The number of carboxylic acids is 1. The maximum Gasteiger partial charge on any atom is 0.326 e. The summed E-state index contributed by atoms with van der Waals surface area (Å²) in [5.41, 5.74) is 8.16. The van der Waals surface area contributed by atoms with Gasteiger partial charge in [-0.2, -0.15) is 0 Å². The Hall–Kier alpha value is -4.23. The summed E-state index contributed by atoms with van der Waals surface area (Å²) in [6, 6.07) is 2.60. The Morgan fingerprint density at radius 2 is 1.72 bits per heavy atom. The molecular formula is C26H35N7O6. The van der Waals surface area contributed by atoms with Gasteiger partial charge >= 0.3 is 5.97 Å². The number of H-pyrrole nitrogens is 2.